The summed E-state index contributed by atoms with van der Waals surface area (Å²) in [5, 5.41) is 0. The van der Waals surface area contributed by atoms with E-state index in [-0.39, 0.29) is 12.3 Å². The van der Waals surface area contributed by atoms with Crippen LogP contribution in [0.5, 0.6) is 0 Å². The Morgan fingerprint density at radius 3 is 2.89 bits per heavy atom. The lowest BCUT2D eigenvalue weighted by atomic mass is 10.2. The maximum absolute atomic E-state index is 11.9. The van der Waals surface area contributed by atoms with E-state index in [2.05, 4.69) is 0 Å². The van der Waals surface area contributed by atoms with Crippen LogP contribution in [0.15, 0.2) is 30.3 Å². The van der Waals surface area contributed by atoms with E-state index in [1.54, 1.807) is 4.90 Å². The number of rotatable bonds is 4. The summed E-state index contributed by atoms with van der Waals surface area (Å²) in [7, 11) is 0. The minimum Gasteiger partial charge on any atom is -0.444 e. The summed E-state index contributed by atoms with van der Waals surface area (Å²) in [4.78, 5) is 13.6. The first-order chi connectivity index (χ1) is 8.81. The van der Waals surface area contributed by atoms with Gasteiger partial charge in [-0.3, -0.25) is 4.90 Å². The molecule has 1 heterocycles. The van der Waals surface area contributed by atoms with Gasteiger partial charge in [0, 0.05) is 13.2 Å². The third kappa shape index (κ3) is 3.23. The fourth-order valence-electron chi connectivity index (χ4n) is 2.11. The number of hydrogen-bond acceptors (Lipinski definition) is 3. The molecule has 1 aliphatic rings. The second-order valence-electron chi connectivity index (χ2n) is 4.29. The van der Waals surface area contributed by atoms with Crippen LogP contribution < -0.4 is 0 Å². The van der Waals surface area contributed by atoms with E-state index in [1.165, 1.54) is 0 Å². The topological polar surface area (TPSA) is 38.8 Å². The number of hydrogen-bond donors (Lipinski definition) is 0. The zero-order valence-electron chi connectivity index (χ0n) is 10.7. The van der Waals surface area contributed by atoms with E-state index in [9.17, 15) is 4.79 Å². The normalized spacial score (nSPS) is 18.9. The minimum absolute atomic E-state index is 0.113. The van der Waals surface area contributed by atoms with Crippen molar-refractivity contribution in [3.8, 4) is 0 Å². The van der Waals surface area contributed by atoms with Gasteiger partial charge in [-0.05, 0) is 25.3 Å². The number of nitrogens with zero attached hydrogens (tertiary/aromatic N) is 1. The number of likely N-dealkylation sites (tertiary alicyclic amines) is 1. The molecule has 18 heavy (non-hydrogen) atoms. The Balaban J connectivity index is 1.84. The van der Waals surface area contributed by atoms with Crippen LogP contribution in [0.25, 0.3) is 0 Å². The minimum atomic E-state index is -0.283. The van der Waals surface area contributed by atoms with Crippen molar-refractivity contribution in [2.45, 2.75) is 32.6 Å². The van der Waals surface area contributed by atoms with Crippen LogP contribution in [0.4, 0.5) is 4.79 Å². The Bertz CT molecular complexity index is 380. The van der Waals surface area contributed by atoms with Gasteiger partial charge in [-0.25, -0.2) is 4.79 Å². The Kier molecular flexibility index (Phi) is 4.59. The van der Waals surface area contributed by atoms with Gasteiger partial charge >= 0.3 is 6.09 Å². The molecule has 1 aromatic rings. The van der Waals surface area contributed by atoms with Crippen molar-refractivity contribution >= 4 is 6.09 Å². The SMILES string of the molecule is CCOC1CCCN1C(=O)OCc1ccccc1. The average molecular weight is 249 g/mol. The molecule has 1 saturated heterocycles. The summed E-state index contributed by atoms with van der Waals surface area (Å²) in [6.45, 7) is 3.59. The molecule has 0 aromatic heterocycles. The molecule has 1 unspecified atom stereocenters. The van der Waals surface area contributed by atoms with Crippen molar-refractivity contribution in [3.05, 3.63) is 35.9 Å². The third-order valence-electron chi connectivity index (χ3n) is 3.00. The Morgan fingerprint density at radius 2 is 2.17 bits per heavy atom. The molecule has 0 bridgehead atoms. The van der Waals surface area contributed by atoms with E-state index in [0.29, 0.717) is 13.2 Å². The summed E-state index contributed by atoms with van der Waals surface area (Å²) in [6, 6.07) is 9.69. The lowest BCUT2D eigenvalue weighted by molar-refractivity contribution is -0.0283. The highest BCUT2D eigenvalue weighted by molar-refractivity contribution is 5.68. The van der Waals surface area contributed by atoms with Crippen LogP contribution in [0.2, 0.25) is 0 Å². The smallest absolute Gasteiger partial charge is 0.412 e. The maximum Gasteiger partial charge on any atom is 0.412 e. The van der Waals surface area contributed by atoms with Crippen LogP contribution in [0, 0.1) is 0 Å². The van der Waals surface area contributed by atoms with Crippen LogP contribution >= 0.6 is 0 Å². The van der Waals surface area contributed by atoms with Crippen LogP contribution in [-0.2, 0) is 16.1 Å². The highest BCUT2D eigenvalue weighted by Gasteiger charge is 2.30. The molecule has 0 spiro atoms. The summed E-state index contributed by atoms with van der Waals surface area (Å²) in [5.41, 5.74) is 0.998. The van der Waals surface area contributed by atoms with Gasteiger partial charge < -0.3 is 9.47 Å². The third-order valence-corrected chi connectivity index (χ3v) is 3.00. The van der Waals surface area contributed by atoms with Crippen LogP contribution in [0.1, 0.15) is 25.3 Å². The fourth-order valence-corrected chi connectivity index (χ4v) is 2.11. The Hall–Kier alpha value is -1.55. The van der Waals surface area contributed by atoms with Gasteiger partial charge in [-0.2, -0.15) is 0 Å². The summed E-state index contributed by atoms with van der Waals surface area (Å²) in [6.07, 6.45) is 1.48. The second kappa shape index (κ2) is 6.40. The van der Waals surface area contributed by atoms with Crippen molar-refractivity contribution < 1.29 is 14.3 Å². The first kappa shape index (κ1) is 12.9. The summed E-state index contributed by atoms with van der Waals surface area (Å²) >= 11 is 0. The van der Waals surface area contributed by atoms with Gasteiger partial charge in [-0.15, -0.1) is 0 Å². The monoisotopic (exact) mass is 249 g/mol. The highest BCUT2D eigenvalue weighted by Crippen LogP contribution is 2.19. The molecule has 4 heteroatoms. The number of carbonyl (C=O) groups excluding carboxylic acids is 1. The highest BCUT2D eigenvalue weighted by atomic mass is 16.6. The van der Waals surface area contributed by atoms with Crippen LogP contribution in [0.3, 0.4) is 0 Å². The van der Waals surface area contributed by atoms with E-state index in [1.807, 2.05) is 37.3 Å². The first-order valence-electron chi connectivity index (χ1n) is 6.40. The lowest BCUT2D eigenvalue weighted by Gasteiger charge is -2.23. The molecule has 0 aliphatic carbocycles. The number of ether oxygens (including phenoxy) is 2. The number of carbonyl (C=O) groups is 1. The Morgan fingerprint density at radius 1 is 1.39 bits per heavy atom. The molecular weight excluding hydrogens is 230 g/mol. The van der Waals surface area contributed by atoms with Gasteiger partial charge in [0.2, 0.25) is 0 Å². The molecule has 0 N–H and O–H groups in total. The zero-order valence-corrected chi connectivity index (χ0v) is 10.7. The van der Waals surface area contributed by atoms with Crippen molar-refractivity contribution in [2.75, 3.05) is 13.2 Å². The fraction of sp³-hybridized carbons (Fsp3) is 0.500. The quantitative estimate of drug-likeness (QED) is 0.823. The Labute approximate surface area is 107 Å². The average Bonchev–Trinajstić information content (AvgIpc) is 2.86. The molecule has 1 atom stereocenters. The van der Waals surface area contributed by atoms with Gasteiger partial charge in [0.15, 0.2) is 0 Å². The number of amides is 1. The molecule has 2 rings (SSSR count). The van der Waals surface area contributed by atoms with Gasteiger partial charge in [0.05, 0.1) is 0 Å². The van der Waals surface area contributed by atoms with E-state index in [4.69, 9.17) is 9.47 Å². The van der Waals surface area contributed by atoms with E-state index in [0.717, 1.165) is 24.9 Å². The van der Waals surface area contributed by atoms with Gasteiger partial charge in [-0.1, -0.05) is 30.3 Å². The molecule has 4 nitrogen and oxygen atoms in total. The zero-order chi connectivity index (χ0) is 12.8. The molecule has 0 saturated carbocycles. The molecule has 1 aliphatic heterocycles. The van der Waals surface area contributed by atoms with Gasteiger partial charge in [0.25, 0.3) is 0 Å². The van der Waals surface area contributed by atoms with Crippen molar-refractivity contribution in [1.29, 1.82) is 0 Å². The molecule has 1 fully saturated rings. The largest absolute Gasteiger partial charge is 0.444 e. The summed E-state index contributed by atoms with van der Waals surface area (Å²) in [5.74, 6) is 0. The molecular formula is C14H19NO3. The standard InChI is InChI=1S/C14H19NO3/c1-2-17-13-9-6-10-15(13)14(16)18-11-12-7-4-3-5-8-12/h3-5,7-8,13H,2,6,9-11H2,1H3. The van der Waals surface area contributed by atoms with E-state index < -0.39 is 0 Å². The first-order valence-corrected chi connectivity index (χ1v) is 6.40. The van der Waals surface area contributed by atoms with E-state index >= 15 is 0 Å². The van der Waals surface area contributed by atoms with Crippen molar-refractivity contribution in [2.24, 2.45) is 0 Å². The summed E-state index contributed by atoms with van der Waals surface area (Å²) < 4.78 is 10.8. The van der Waals surface area contributed by atoms with Crippen LogP contribution in [-0.4, -0.2) is 30.4 Å². The molecule has 0 radical (unpaired) electrons. The second-order valence-corrected chi connectivity index (χ2v) is 4.29. The lowest BCUT2D eigenvalue weighted by Crippen LogP contribution is -2.37. The van der Waals surface area contributed by atoms with Gasteiger partial charge in [0.1, 0.15) is 12.8 Å². The predicted molar refractivity (Wildman–Crippen MR) is 68.0 cm³/mol. The molecule has 1 amide bonds. The van der Waals surface area contributed by atoms with Crippen molar-refractivity contribution in [1.82, 2.24) is 4.90 Å². The maximum atomic E-state index is 11.9. The number of benzene rings is 1. The molecule has 98 valence electrons. The van der Waals surface area contributed by atoms with Crippen molar-refractivity contribution in [3.63, 3.8) is 0 Å². The molecule has 1 aromatic carbocycles. The predicted octanol–water partition coefficient (Wildman–Crippen LogP) is 2.78.